The van der Waals surface area contributed by atoms with Crippen molar-refractivity contribution < 1.29 is 27.5 Å². The van der Waals surface area contributed by atoms with E-state index in [2.05, 4.69) is 5.32 Å². The maximum atomic E-state index is 13.7. The van der Waals surface area contributed by atoms with Gasteiger partial charge in [0.2, 0.25) is 21.8 Å². The summed E-state index contributed by atoms with van der Waals surface area (Å²) in [6.45, 7) is 8.56. The number of methoxy groups -OCH3 is 2. The third-order valence-corrected chi connectivity index (χ3v) is 6.56. The first-order valence-corrected chi connectivity index (χ1v) is 13.4. The lowest BCUT2D eigenvalue weighted by molar-refractivity contribution is -0.140. The van der Waals surface area contributed by atoms with Crippen molar-refractivity contribution in [2.24, 2.45) is 0 Å². The molecule has 9 nitrogen and oxygen atoms in total. The zero-order valence-electron chi connectivity index (χ0n) is 22.3. The van der Waals surface area contributed by atoms with E-state index in [4.69, 9.17) is 9.47 Å². The van der Waals surface area contributed by atoms with E-state index in [-0.39, 0.29) is 18.1 Å². The molecule has 0 heterocycles. The summed E-state index contributed by atoms with van der Waals surface area (Å²) >= 11 is 0. The van der Waals surface area contributed by atoms with Crippen LogP contribution in [0, 0.1) is 6.92 Å². The molecule has 0 aliphatic heterocycles. The number of carbonyl (C=O) groups excluding carboxylic acids is 2. The van der Waals surface area contributed by atoms with Crippen LogP contribution in [0.3, 0.4) is 0 Å². The smallest absolute Gasteiger partial charge is 0.244 e. The van der Waals surface area contributed by atoms with Crippen LogP contribution in [0.1, 0.15) is 38.8 Å². The van der Waals surface area contributed by atoms with Crippen molar-refractivity contribution in [2.45, 2.75) is 52.7 Å². The highest BCUT2D eigenvalue weighted by atomic mass is 32.2. The number of ether oxygens (including phenoxy) is 2. The van der Waals surface area contributed by atoms with E-state index in [1.165, 1.54) is 12.0 Å². The second-order valence-electron chi connectivity index (χ2n) is 9.73. The van der Waals surface area contributed by atoms with Crippen LogP contribution in [0.15, 0.2) is 42.5 Å². The van der Waals surface area contributed by atoms with Gasteiger partial charge in [0.05, 0.1) is 26.2 Å². The summed E-state index contributed by atoms with van der Waals surface area (Å²) in [5, 5.41) is 2.89. The normalized spacial score (nSPS) is 12.4. The van der Waals surface area contributed by atoms with Gasteiger partial charge in [0.25, 0.3) is 0 Å². The van der Waals surface area contributed by atoms with Crippen LogP contribution < -0.4 is 19.1 Å². The number of amides is 2. The average molecular weight is 520 g/mol. The second kappa shape index (κ2) is 11.6. The lowest BCUT2D eigenvalue weighted by atomic mass is 10.1. The Morgan fingerprint density at radius 2 is 1.72 bits per heavy atom. The molecule has 0 bridgehead atoms. The fraction of sp³-hybridized carbons (Fsp3) is 0.462. The number of nitrogens with zero attached hydrogens (tertiary/aromatic N) is 2. The van der Waals surface area contributed by atoms with Gasteiger partial charge >= 0.3 is 0 Å². The summed E-state index contributed by atoms with van der Waals surface area (Å²) in [6.07, 6.45) is 1.03. The first-order valence-electron chi connectivity index (χ1n) is 11.5. The van der Waals surface area contributed by atoms with E-state index in [0.29, 0.717) is 11.5 Å². The Labute approximate surface area is 214 Å². The minimum atomic E-state index is -3.87. The molecule has 0 aromatic heterocycles. The fourth-order valence-electron chi connectivity index (χ4n) is 3.61. The van der Waals surface area contributed by atoms with Crippen LogP contribution in [0.25, 0.3) is 0 Å². The summed E-state index contributed by atoms with van der Waals surface area (Å²) in [6, 6.07) is 11.4. The highest BCUT2D eigenvalue weighted by molar-refractivity contribution is 7.92. The molecule has 0 saturated carbocycles. The fourth-order valence-corrected chi connectivity index (χ4v) is 4.46. The largest absolute Gasteiger partial charge is 0.497 e. The Kier molecular flexibility index (Phi) is 9.37. The second-order valence-corrected chi connectivity index (χ2v) is 11.6. The van der Waals surface area contributed by atoms with Crippen molar-refractivity contribution in [3.63, 3.8) is 0 Å². The van der Waals surface area contributed by atoms with Gasteiger partial charge in [0.1, 0.15) is 24.1 Å². The Morgan fingerprint density at radius 1 is 1.06 bits per heavy atom. The van der Waals surface area contributed by atoms with Crippen LogP contribution >= 0.6 is 0 Å². The van der Waals surface area contributed by atoms with Crippen molar-refractivity contribution in [3.8, 4) is 11.5 Å². The molecule has 10 heteroatoms. The molecule has 0 saturated heterocycles. The summed E-state index contributed by atoms with van der Waals surface area (Å²) in [5.74, 6) is 0.0341. The number of anilines is 1. The molecule has 0 radical (unpaired) electrons. The van der Waals surface area contributed by atoms with Gasteiger partial charge in [-0.1, -0.05) is 18.2 Å². The zero-order chi connectivity index (χ0) is 27.3. The maximum absolute atomic E-state index is 13.7. The first-order chi connectivity index (χ1) is 16.7. The van der Waals surface area contributed by atoms with E-state index in [9.17, 15) is 18.0 Å². The van der Waals surface area contributed by atoms with Crippen LogP contribution in [0.4, 0.5) is 5.69 Å². The maximum Gasteiger partial charge on any atom is 0.244 e. The van der Waals surface area contributed by atoms with Gasteiger partial charge < -0.3 is 19.7 Å². The quantitative estimate of drug-likeness (QED) is 0.517. The van der Waals surface area contributed by atoms with Crippen LogP contribution in [0.2, 0.25) is 0 Å². The Bertz CT molecular complexity index is 1190. The van der Waals surface area contributed by atoms with Gasteiger partial charge in [-0.25, -0.2) is 8.42 Å². The monoisotopic (exact) mass is 519 g/mol. The highest BCUT2D eigenvalue weighted by Gasteiger charge is 2.32. The van der Waals surface area contributed by atoms with Crippen LogP contribution in [-0.2, 0) is 26.2 Å². The van der Waals surface area contributed by atoms with Gasteiger partial charge in [-0.15, -0.1) is 0 Å². The molecule has 0 aliphatic carbocycles. The topological polar surface area (TPSA) is 105 Å². The first kappa shape index (κ1) is 29.0. The van der Waals surface area contributed by atoms with E-state index in [0.717, 1.165) is 21.7 Å². The van der Waals surface area contributed by atoms with Gasteiger partial charge in [0.15, 0.2) is 0 Å². The molecule has 1 atom stereocenters. The van der Waals surface area contributed by atoms with E-state index in [1.807, 2.05) is 33.8 Å². The number of rotatable bonds is 10. The Morgan fingerprint density at radius 3 is 2.28 bits per heavy atom. The standard InChI is InChI=1S/C26H37N3O6S/c1-18-12-13-23(35-7)22(14-18)29(36(8,32)33)17-24(30)28(19(2)25(31)27-26(3,4)5)16-20-10-9-11-21(15-20)34-6/h9-15,19H,16-17H2,1-8H3,(H,27,31)/t19-/m0/s1. The van der Waals surface area contributed by atoms with E-state index in [1.54, 1.807) is 50.4 Å². The number of hydrogen-bond donors (Lipinski definition) is 1. The van der Waals surface area contributed by atoms with Crippen molar-refractivity contribution in [1.29, 1.82) is 0 Å². The molecule has 36 heavy (non-hydrogen) atoms. The molecule has 2 aromatic carbocycles. The number of sulfonamides is 1. The third-order valence-electron chi connectivity index (χ3n) is 5.43. The molecule has 0 unspecified atom stereocenters. The molecule has 0 aliphatic rings. The van der Waals surface area contributed by atoms with Crippen molar-refractivity contribution in [1.82, 2.24) is 10.2 Å². The minimum Gasteiger partial charge on any atom is -0.497 e. The summed E-state index contributed by atoms with van der Waals surface area (Å²) in [7, 11) is -0.892. The van der Waals surface area contributed by atoms with Crippen molar-refractivity contribution in [3.05, 3.63) is 53.6 Å². The van der Waals surface area contributed by atoms with Gasteiger partial charge in [-0.3, -0.25) is 13.9 Å². The van der Waals surface area contributed by atoms with Crippen LogP contribution in [-0.4, -0.2) is 63.7 Å². The Hall–Kier alpha value is -3.27. The molecular formula is C26H37N3O6S. The molecule has 1 N–H and O–H groups in total. The lowest BCUT2D eigenvalue weighted by Crippen LogP contribution is -2.54. The number of carbonyl (C=O) groups is 2. The molecule has 2 amide bonds. The molecule has 0 spiro atoms. The predicted octanol–water partition coefficient (Wildman–Crippen LogP) is 3.11. The summed E-state index contributed by atoms with van der Waals surface area (Å²) in [5.41, 5.74) is 1.28. The molecule has 0 fully saturated rings. The predicted molar refractivity (Wildman–Crippen MR) is 141 cm³/mol. The molecule has 2 aromatic rings. The van der Waals surface area contributed by atoms with Gasteiger partial charge in [-0.2, -0.15) is 0 Å². The van der Waals surface area contributed by atoms with Crippen molar-refractivity contribution >= 4 is 27.5 Å². The average Bonchev–Trinajstić information content (AvgIpc) is 2.78. The Balaban J connectivity index is 2.49. The van der Waals surface area contributed by atoms with Gasteiger partial charge in [-0.05, 0) is 70.0 Å². The minimum absolute atomic E-state index is 0.0807. The third kappa shape index (κ3) is 7.87. The van der Waals surface area contributed by atoms with Crippen molar-refractivity contribution in [2.75, 3.05) is 31.3 Å². The summed E-state index contributed by atoms with van der Waals surface area (Å²) in [4.78, 5) is 28.1. The highest BCUT2D eigenvalue weighted by Crippen LogP contribution is 2.31. The molecule has 198 valence electrons. The number of benzene rings is 2. The summed E-state index contributed by atoms with van der Waals surface area (Å²) < 4.78 is 37.3. The molecular weight excluding hydrogens is 482 g/mol. The molecule has 2 rings (SSSR count). The van der Waals surface area contributed by atoms with Gasteiger partial charge in [0, 0.05) is 12.1 Å². The van der Waals surface area contributed by atoms with Crippen LogP contribution in [0.5, 0.6) is 11.5 Å². The number of hydrogen-bond acceptors (Lipinski definition) is 6. The number of nitrogens with one attached hydrogen (secondary N) is 1. The number of aryl methyl sites for hydroxylation is 1. The lowest BCUT2D eigenvalue weighted by Gasteiger charge is -2.33. The van der Waals surface area contributed by atoms with E-state index < -0.39 is 34.1 Å². The SMILES string of the molecule is COc1cccc(CN(C(=O)CN(c2cc(C)ccc2OC)S(C)(=O)=O)[C@@H](C)C(=O)NC(C)(C)C)c1. The zero-order valence-corrected chi connectivity index (χ0v) is 23.1. The van der Waals surface area contributed by atoms with E-state index >= 15 is 0 Å².